The van der Waals surface area contributed by atoms with E-state index in [4.69, 9.17) is 15.2 Å². The Kier molecular flexibility index (Phi) is 2.75. The van der Waals surface area contributed by atoms with E-state index in [1.807, 2.05) is 11.5 Å². The van der Waals surface area contributed by atoms with Crippen LogP contribution in [0.4, 0.5) is 5.95 Å². The molecule has 0 aromatic carbocycles. The first-order chi connectivity index (χ1) is 8.79. The molecule has 0 amide bonds. The van der Waals surface area contributed by atoms with Crippen molar-refractivity contribution in [3.05, 3.63) is 6.33 Å². The number of aromatic nitrogens is 4. The van der Waals surface area contributed by atoms with Crippen LogP contribution >= 0.6 is 0 Å². The van der Waals surface area contributed by atoms with Crippen molar-refractivity contribution in [3.63, 3.8) is 0 Å². The van der Waals surface area contributed by atoms with Gasteiger partial charge < -0.3 is 15.2 Å². The molecule has 0 unspecified atom stereocenters. The zero-order valence-corrected chi connectivity index (χ0v) is 10.2. The molecule has 0 aliphatic carbocycles. The van der Waals surface area contributed by atoms with E-state index in [0.29, 0.717) is 23.7 Å². The number of anilines is 1. The Hall–Kier alpha value is -1.89. The van der Waals surface area contributed by atoms with Gasteiger partial charge in [0.05, 0.1) is 12.9 Å². The number of ether oxygens (including phenoxy) is 2. The molecule has 1 aliphatic rings. The highest BCUT2D eigenvalue weighted by molar-refractivity contribution is 5.77. The van der Waals surface area contributed by atoms with E-state index in [9.17, 15) is 0 Å². The number of fused-ring (bicyclic) bond motifs is 1. The molecular weight excluding hydrogens is 234 g/mol. The summed E-state index contributed by atoms with van der Waals surface area (Å²) in [6, 6.07) is 0. The first-order valence-electron chi connectivity index (χ1n) is 6.04. The normalized spacial score (nSPS) is 19.5. The minimum atomic E-state index is -0.0150. The number of nitrogen functional groups attached to an aromatic ring is 1. The van der Waals surface area contributed by atoms with Gasteiger partial charge in [-0.2, -0.15) is 9.97 Å². The second-order valence-corrected chi connectivity index (χ2v) is 4.11. The Labute approximate surface area is 104 Å². The smallest absolute Gasteiger partial charge is 0.247 e. The number of rotatable bonds is 3. The van der Waals surface area contributed by atoms with Crippen LogP contribution < -0.4 is 10.5 Å². The first kappa shape index (κ1) is 11.2. The maximum atomic E-state index is 5.70. The van der Waals surface area contributed by atoms with E-state index >= 15 is 0 Å². The number of hydrogen-bond donors (Lipinski definition) is 1. The molecule has 0 radical (unpaired) electrons. The van der Waals surface area contributed by atoms with Crippen LogP contribution in [0.3, 0.4) is 0 Å². The lowest BCUT2D eigenvalue weighted by atomic mass is 10.3. The minimum Gasteiger partial charge on any atom is -0.476 e. The van der Waals surface area contributed by atoms with Gasteiger partial charge in [-0.05, 0) is 19.8 Å². The quantitative estimate of drug-likeness (QED) is 0.876. The van der Waals surface area contributed by atoms with Crippen LogP contribution in [0.15, 0.2) is 6.33 Å². The summed E-state index contributed by atoms with van der Waals surface area (Å²) < 4.78 is 12.9. The zero-order chi connectivity index (χ0) is 12.5. The lowest BCUT2D eigenvalue weighted by Crippen LogP contribution is -2.08. The molecular formula is C11H15N5O2. The standard InChI is InChI=1S/C11H15N5O2/c1-2-17-10-8-9(14-11(12)15-10)16(6-13-8)7-4-3-5-18-7/h6-7H,2-5H2,1H3,(H2,12,14,15)/t7-/m1/s1. The van der Waals surface area contributed by atoms with Crippen molar-refractivity contribution in [1.82, 2.24) is 19.5 Å². The highest BCUT2D eigenvalue weighted by atomic mass is 16.5. The lowest BCUT2D eigenvalue weighted by molar-refractivity contribution is 0.0593. The topological polar surface area (TPSA) is 88.1 Å². The molecule has 1 fully saturated rings. The van der Waals surface area contributed by atoms with E-state index in [-0.39, 0.29) is 12.2 Å². The Bertz CT molecular complexity index is 562. The van der Waals surface area contributed by atoms with Crippen LogP contribution in [0.2, 0.25) is 0 Å². The molecule has 7 nitrogen and oxygen atoms in total. The van der Waals surface area contributed by atoms with Gasteiger partial charge >= 0.3 is 0 Å². The van der Waals surface area contributed by atoms with Gasteiger partial charge in [0.1, 0.15) is 6.23 Å². The van der Waals surface area contributed by atoms with Gasteiger partial charge in [-0.3, -0.25) is 4.57 Å². The molecule has 3 heterocycles. The molecule has 1 aliphatic heterocycles. The lowest BCUT2D eigenvalue weighted by Gasteiger charge is -2.11. The predicted molar refractivity (Wildman–Crippen MR) is 65.1 cm³/mol. The van der Waals surface area contributed by atoms with Crippen molar-refractivity contribution in [1.29, 1.82) is 0 Å². The molecule has 2 aromatic heterocycles. The summed E-state index contributed by atoms with van der Waals surface area (Å²) in [6.45, 7) is 3.17. The maximum absolute atomic E-state index is 5.70. The average Bonchev–Trinajstić information content (AvgIpc) is 2.96. The van der Waals surface area contributed by atoms with Crippen molar-refractivity contribution < 1.29 is 9.47 Å². The van der Waals surface area contributed by atoms with Gasteiger partial charge in [0.2, 0.25) is 11.8 Å². The van der Waals surface area contributed by atoms with Crippen LogP contribution in [0, 0.1) is 0 Å². The summed E-state index contributed by atoms with van der Waals surface area (Å²) >= 11 is 0. The van der Waals surface area contributed by atoms with Gasteiger partial charge in [0.25, 0.3) is 0 Å². The summed E-state index contributed by atoms with van der Waals surface area (Å²) in [5, 5.41) is 0. The van der Waals surface area contributed by atoms with Crippen molar-refractivity contribution in [2.24, 2.45) is 0 Å². The zero-order valence-electron chi connectivity index (χ0n) is 10.2. The maximum Gasteiger partial charge on any atom is 0.247 e. The third-order valence-electron chi connectivity index (χ3n) is 2.90. The van der Waals surface area contributed by atoms with E-state index in [1.165, 1.54) is 0 Å². The average molecular weight is 249 g/mol. The van der Waals surface area contributed by atoms with Crippen molar-refractivity contribution in [2.45, 2.75) is 26.0 Å². The number of imidazole rings is 1. The SMILES string of the molecule is CCOc1nc(N)nc2c1ncn2[C@H]1CCCO1. The van der Waals surface area contributed by atoms with Crippen LogP contribution in [0.5, 0.6) is 5.88 Å². The van der Waals surface area contributed by atoms with Gasteiger partial charge in [-0.25, -0.2) is 4.98 Å². The second kappa shape index (κ2) is 4.41. The van der Waals surface area contributed by atoms with E-state index in [1.54, 1.807) is 6.33 Å². The molecule has 1 saturated heterocycles. The predicted octanol–water partition coefficient (Wildman–Crippen LogP) is 1.12. The fourth-order valence-electron chi connectivity index (χ4n) is 2.13. The Morgan fingerprint density at radius 3 is 3.17 bits per heavy atom. The van der Waals surface area contributed by atoms with Gasteiger partial charge in [-0.1, -0.05) is 0 Å². The van der Waals surface area contributed by atoms with Crippen molar-refractivity contribution >= 4 is 17.1 Å². The molecule has 3 rings (SSSR count). The molecule has 1 atom stereocenters. The minimum absolute atomic E-state index is 0.0150. The largest absolute Gasteiger partial charge is 0.476 e. The van der Waals surface area contributed by atoms with Gasteiger partial charge in [-0.15, -0.1) is 0 Å². The fourth-order valence-corrected chi connectivity index (χ4v) is 2.13. The van der Waals surface area contributed by atoms with E-state index in [0.717, 1.165) is 19.4 Å². The second-order valence-electron chi connectivity index (χ2n) is 4.11. The molecule has 2 aromatic rings. The van der Waals surface area contributed by atoms with E-state index in [2.05, 4.69) is 15.0 Å². The molecule has 2 N–H and O–H groups in total. The molecule has 96 valence electrons. The van der Waals surface area contributed by atoms with E-state index < -0.39 is 0 Å². The summed E-state index contributed by atoms with van der Waals surface area (Å²) in [5.41, 5.74) is 6.99. The van der Waals surface area contributed by atoms with Crippen molar-refractivity contribution in [3.8, 4) is 5.88 Å². The number of nitrogens with zero attached hydrogens (tertiary/aromatic N) is 4. The monoisotopic (exact) mass is 249 g/mol. The molecule has 7 heteroatoms. The van der Waals surface area contributed by atoms with Crippen LogP contribution in [0.1, 0.15) is 26.0 Å². The van der Waals surface area contributed by atoms with Gasteiger partial charge in [0.15, 0.2) is 11.2 Å². The third kappa shape index (κ3) is 1.76. The number of nitrogens with two attached hydrogens (primary N) is 1. The first-order valence-corrected chi connectivity index (χ1v) is 6.04. The van der Waals surface area contributed by atoms with Crippen LogP contribution in [0.25, 0.3) is 11.2 Å². The highest BCUT2D eigenvalue weighted by Crippen LogP contribution is 2.29. The molecule has 18 heavy (non-hydrogen) atoms. The highest BCUT2D eigenvalue weighted by Gasteiger charge is 2.22. The van der Waals surface area contributed by atoms with Gasteiger partial charge in [0, 0.05) is 6.61 Å². The Balaban J connectivity index is 2.11. The molecule has 0 bridgehead atoms. The Morgan fingerprint density at radius 1 is 1.56 bits per heavy atom. The summed E-state index contributed by atoms with van der Waals surface area (Å²) in [7, 11) is 0. The Morgan fingerprint density at radius 2 is 2.44 bits per heavy atom. The van der Waals surface area contributed by atoms with Crippen LogP contribution in [-0.4, -0.2) is 32.7 Å². The molecule has 0 spiro atoms. The molecule has 0 saturated carbocycles. The fraction of sp³-hybridized carbons (Fsp3) is 0.545. The third-order valence-corrected chi connectivity index (χ3v) is 2.90. The summed E-state index contributed by atoms with van der Waals surface area (Å²) in [6.07, 6.45) is 3.69. The number of hydrogen-bond acceptors (Lipinski definition) is 6. The van der Waals surface area contributed by atoms with Crippen LogP contribution in [-0.2, 0) is 4.74 Å². The summed E-state index contributed by atoms with van der Waals surface area (Å²) in [4.78, 5) is 12.6. The summed E-state index contributed by atoms with van der Waals surface area (Å²) in [5.74, 6) is 0.613. The van der Waals surface area contributed by atoms with Crippen molar-refractivity contribution in [2.75, 3.05) is 18.9 Å².